The normalized spacial score (nSPS) is 33.1. The van der Waals surface area contributed by atoms with Gasteiger partial charge in [0.15, 0.2) is 0 Å². The van der Waals surface area contributed by atoms with E-state index in [1.807, 2.05) is 0 Å². The maximum atomic E-state index is 11.9. The Morgan fingerprint density at radius 1 is 1.39 bits per heavy atom. The molecule has 3 atom stereocenters. The van der Waals surface area contributed by atoms with Gasteiger partial charge in [-0.05, 0) is 44.6 Å². The number of carbonyl (C=O) groups excluding carboxylic acids is 1. The summed E-state index contributed by atoms with van der Waals surface area (Å²) in [4.78, 5) is 11.9. The van der Waals surface area contributed by atoms with Gasteiger partial charge < -0.3 is 15.4 Å². The highest BCUT2D eigenvalue weighted by Crippen LogP contribution is 2.17. The van der Waals surface area contributed by atoms with Crippen LogP contribution in [0.25, 0.3) is 0 Å². The highest BCUT2D eigenvalue weighted by atomic mass is 16.5. The summed E-state index contributed by atoms with van der Waals surface area (Å²) in [6, 6.07) is 0.313. The van der Waals surface area contributed by atoms with Crippen molar-refractivity contribution >= 4 is 5.91 Å². The first kappa shape index (κ1) is 13.8. The van der Waals surface area contributed by atoms with E-state index < -0.39 is 0 Å². The molecule has 0 bridgehead atoms. The zero-order valence-corrected chi connectivity index (χ0v) is 11.4. The van der Waals surface area contributed by atoms with E-state index in [0.29, 0.717) is 24.5 Å². The van der Waals surface area contributed by atoms with Crippen molar-refractivity contribution in [3.05, 3.63) is 0 Å². The minimum atomic E-state index is 0.185. The standard InChI is InChI=1S/C14H26N2O2/c1-11-8-12(10-15-9-11)16-14(17)6-5-13-4-2-3-7-18-13/h11-13,15H,2-10H2,1H3,(H,16,17). The molecule has 2 N–H and O–H groups in total. The van der Waals surface area contributed by atoms with Crippen LogP contribution in [0, 0.1) is 5.92 Å². The number of amides is 1. The van der Waals surface area contributed by atoms with E-state index in [1.54, 1.807) is 0 Å². The second kappa shape index (κ2) is 7.10. The molecule has 4 heteroatoms. The summed E-state index contributed by atoms with van der Waals surface area (Å²) in [6.45, 7) is 5.08. The van der Waals surface area contributed by atoms with Crippen LogP contribution in [-0.4, -0.2) is 37.7 Å². The maximum absolute atomic E-state index is 11.9. The summed E-state index contributed by atoms with van der Waals surface area (Å²) in [5.74, 6) is 0.843. The number of piperidine rings is 1. The van der Waals surface area contributed by atoms with Gasteiger partial charge >= 0.3 is 0 Å². The average Bonchev–Trinajstić information content (AvgIpc) is 2.38. The quantitative estimate of drug-likeness (QED) is 0.798. The first-order chi connectivity index (χ1) is 8.74. The van der Waals surface area contributed by atoms with E-state index in [-0.39, 0.29) is 5.91 Å². The molecule has 0 aromatic rings. The van der Waals surface area contributed by atoms with Gasteiger partial charge in [0.1, 0.15) is 0 Å². The van der Waals surface area contributed by atoms with Crippen molar-refractivity contribution in [1.82, 2.24) is 10.6 Å². The number of nitrogens with one attached hydrogen (secondary N) is 2. The molecule has 0 aromatic heterocycles. The van der Waals surface area contributed by atoms with Crippen LogP contribution in [0.3, 0.4) is 0 Å². The molecule has 3 unspecified atom stereocenters. The molecule has 104 valence electrons. The second-order valence-electron chi connectivity index (χ2n) is 5.79. The molecule has 1 amide bonds. The zero-order chi connectivity index (χ0) is 12.8. The highest BCUT2D eigenvalue weighted by molar-refractivity contribution is 5.76. The first-order valence-electron chi connectivity index (χ1n) is 7.35. The molecule has 2 aliphatic heterocycles. The smallest absolute Gasteiger partial charge is 0.220 e. The van der Waals surface area contributed by atoms with Crippen molar-refractivity contribution in [3.8, 4) is 0 Å². The summed E-state index contributed by atoms with van der Waals surface area (Å²) in [7, 11) is 0. The van der Waals surface area contributed by atoms with Gasteiger partial charge in [-0.3, -0.25) is 4.79 Å². The third-order valence-electron chi connectivity index (χ3n) is 3.90. The Morgan fingerprint density at radius 3 is 3.00 bits per heavy atom. The maximum Gasteiger partial charge on any atom is 0.220 e. The van der Waals surface area contributed by atoms with E-state index in [2.05, 4.69) is 17.6 Å². The molecule has 0 radical (unpaired) electrons. The first-order valence-corrected chi connectivity index (χ1v) is 7.35. The van der Waals surface area contributed by atoms with Crippen LogP contribution >= 0.6 is 0 Å². The molecule has 2 fully saturated rings. The molecular weight excluding hydrogens is 228 g/mol. The number of rotatable bonds is 4. The molecule has 2 saturated heterocycles. The van der Waals surface area contributed by atoms with E-state index in [9.17, 15) is 4.79 Å². The van der Waals surface area contributed by atoms with Crippen molar-refractivity contribution in [1.29, 1.82) is 0 Å². The van der Waals surface area contributed by atoms with Gasteiger partial charge in [0.25, 0.3) is 0 Å². The van der Waals surface area contributed by atoms with Gasteiger partial charge in [0.2, 0.25) is 5.91 Å². The van der Waals surface area contributed by atoms with Crippen LogP contribution in [0.1, 0.15) is 45.4 Å². The van der Waals surface area contributed by atoms with Gasteiger partial charge in [0.05, 0.1) is 6.10 Å². The third-order valence-corrected chi connectivity index (χ3v) is 3.90. The van der Waals surface area contributed by atoms with Crippen LogP contribution in [0.5, 0.6) is 0 Å². The SMILES string of the molecule is CC1CNCC(NC(=O)CCC2CCCCO2)C1. The van der Waals surface area contributed by atoms with Gasteiger partial charge in [-0.2, -0.15) is 0 Å². The molecule has 2 heterocycles. The second-order valence-corrected chi connectivity index (χ2v) is 5.79. The molecule has 4 nitrogen and oxygen atoms in total. The molecule has 18 heavy (non-hydrogen) atoms. The number of carbonyl (C=O) groups is 1. The lowest BCUT2D eigenvalue weighted by molar-refractivity contribution is -0.123. The van der Waals surface area contributed by atoms with Crippen molar-refractivity contribution < 1.29 is 9.53 Å². The fraction of sp³-hybridized carbons (Fsp3) is 0.929. The van der Waals surface area contributed by atoms with E-state index in [1.165, 1.54) is 12.8 Å². The lowest BCUT2D eigenvalue weighted by atomic mass is 9.97. The molecule has 0 saturated carbocycles. The van der Waals surface area contributed by atoms with E-state index in [4.69, 9.17) is 4.74 Å². The Hall–Kier alpha value is -0.610. The fourth-order valence-corrected chi connectivity index (χ4v) is 2.89. The van der Waals surface area contributed by atoms with Crippen molar-refractivity contribution in [2.45, 2.75) is 57.6 Å². The predicted octanol–water partition coefficient (Wildman–Crippen LogP) is 1.45. The van der Waals surface area contributed by atoms with Gasteiger partial charge in [0, 0.05) is 25.6 Å². The van der Waals surface area contributed by atoms with E-state index >= 15 is 0 Å². The summed E-state index contributed by atoms with van der Waals surface area (Å²) < 4.78 is 5.64. The minimum absolute atomic E-state index is 0.185. The Kier molecular flexibility index (Phi) is 5.45. The Labute approximate surface area is 110 Å². The average molecular weight is 254 g/mol. The number of ether oxygens (including phenoxy) is 1. The van der Waals surface area contributed by atoms with Crippen molar-refractivity contribution in [2.24, 2.45) is 5.92 Å². The summed E-state index contributed by atoms with van der Waals surface area (Å²) in [5.41, 5.74) is 0. The number of hydrogen-bond acceptors (Lipinski definition) is 3. The lowest BCUT2D eigenvalue weighted by Crippen LogP contribution is -2.48. The fourth-order valence-electron chi connectivity index (χ4n) is 2.89. The van der Waals surface area contributed by atoms with Crippen LogP contribution in [0.2, 0.25) is 0 Å². The topological polar surface area (TPSA) is 50.4 Å². The summed E-state index contributed by atoms with van der Waals surface area (Å²) in [5, 5.41) is 6.49. The molecule has 2 rings (SSSR count). The van der Waals surface area contributed by atoms with Gasteiger partial charge in [-0.1, -0.05) is 6.92 Å². The molecule has 0 aliphatic carbocycles. The van der Waals surface area contributed by atoms with Crippen LogP contribution < -0.4 is 10.6 Å². The minimum Gasteiger partial charge on any atom is -0.378 e. The Balaban J connectivity index is 1.62. The number of hydrogen-bond donors (Lipinski definition) is 2. The summed E-state index contributed by atoms with van der Waals surface area (Å²) >= 11 is 0. The zero-order valence-electron chi connectivity index (χ0n) is 11.4. The predicted molar refractivity (Wildman–Crippen MR) is 71.4 cm³/mol. The van der Waals surface area contributed by atoms with Crippen molar-refractivity contribution in [2.75, 3.05) is 19.7 Å². The van der Waals surface area contributed by atoms with Crippen molar-refractivity contribution in [3.63, 3.8) is 0 Å². The van der Waals surface area contributed by atoms with Crippen LogP contribution in [-0.2, 0) is 9.53 Å². The largest absolute Gasteiger partial charge is 0.378 e. The van der Waals surface area contributed by atoms with Gasteiger partial charge in [-0.25, -0.2) is 0 Å². The molecule has 0 spiro atoms. The van der Waals surface area contributed by atoms with Gasteiger partial charge in [-0.15, -0.1) is 0 Å². The Morgan fingerprint density at radius 2 is 2.28 bits per heavy atom. The van der Waals surface area contributed by atoms with Crippen LogP contribution in [0.15, 0.2) is 0 Å². The highest BCUT2D eigenvalue weighted by Gasteiger charge is 2.21. The summed E-state index contributed by atoms with van der Waals surface area (Å²) in [6.07, 6.45) is 6.43. The van der Waals surface area contributed by atoms with E-state index in [0.717, 1.165) is 39.0 Å². The Bertz CT molecular complexity index is 265. The molecular formula is C14H26N2O2. The monoisotopic (exact) mass is 254 g/mol. The third kappa shape index (κ3) is 4.58. The molecule has 2 aliphatic rings. The lowest BCUT2D eigenvalue weighted by Gasteiger charge is -2.29. The van der Waals surface area contributed by atoms with Crippen LogP contribution in [0.4, 0.5) is 0 Å². The molecule has 0 aromatic carbocycles.